The smallest absolute Gasteiger partial charge is 0.413 e. The van der Waals surface area contributed by atoms with Gasteiger partial charge in [0.1, 0.15) is 12.4 Å². The van der Waals surface area contributed by atoms with Crippen molar-refractivity contribution in [2.24, 2.45) is 0 Å². The van der Waals surface area contributed by atoms with Gasteiger partial charge < -0.3 is 14.6 Å². The van der Waals surface area contributed by atoms with Crippen LogP contribution in [-0.4, -0.2) is 28.8 Å². The van der Waals surface area contributed by atoms with Crippen LogP contribution in [0.15, 0.2) is 60.7 Å². The fourth-order valence-electron chi connectivity index (χ4n) is 3.44. The summed E-state index contributed by atoms with van der Waals surface area (Å²) in [7, 11) is 0. The molecule has 0 saturated carbocycles. The Morgan fingerprint density at radius 1 is 0.969 bits per heavy atom. The van der Waals surface area contributed by atoms with Gasteiger partial charge in [-0.25, -0.2) is 4.79 Å². The monoisotopic (exact) mass is 471 g/mol. The van der Waals surface area contributed by atoms with Crippen LogP contribution in [0.4, 0.5) is 4.79 Å². The van der Waals surface area contributed by atoms with E-state index in [9.17, 15) is 9.59 Å². The number of nitrogens with zero attached hydrogens (tertiary/aromatic N) is 1. The SMILES string of the molecule is O=C(O)Cc1cccc(-c2ccc3c(c2)CN(C(=O)OCc2ccc(Cl)c(Cl)c2)CO3)c1. The van der Waals surface area contributed by atoms with Crippen molar-refractivity contribution in [2.45, 2.75) is 19.6 Å². The lowest BCUT2D eigenvalue weighted by atomic mass is 9.99. The molecule has 0 spiro atoms. The van der Waals surface area contributed by atoms with Gasteiger partial charge in [0.25, 0.3) is 0 Å². The number of carbonyl (C=O) groups excluding carboxylic acids is 1. The summed E-state index contributed by atoms with van der Waals surface area (Å²) in [6, 6.07) is 18.1. The van der Waals surface area contributed by atoms with Gasteiger partial charge in [0.2, 0.25) is 0 Å². The third kappa shape index (κ3) is 5.15. The standard InChI is InChI=1S/C24H19Cl2NO5/c25-20-6-4-16(9-21(20)26)13-31-24(30)27-12-19-11-18(5-7-22(19)32-14-27)17-3-1-2-15(8-17)10-23(28)29/h1-9,11H,10,12-14H2,(H,28,29). The zero-order chi connectivity index (χ0) is 22.7. The highest BCUT2D eigenvalue weighted by Gasteiger charge is 2.23. The molecule has 0 aromatic heterocycles. The minimum atomic E-state index is -0.879. The number of aliphatic carboxylic acids is 1. The van der Waals surface area contributed by atoms with E-state index in [0.29, 0.717) is 22.3 Å². The van der Waals surface area contributed by atoms with Crippen molar-refractivity contribution in [3.8, 4) is 16.9 Å². The zero-order valence-electron chi connectivity index (χ0n) is 16.9. The minimum absolute atomic E-state index is 0.0413. The molecule has 32 heavy (non-hydrogen) atoms. The van der Waals surface area contributed by atoms with Crippen LogP contribution in [0.3, 0.4) is 0 Å². The van der Waals surface area contributed by atoms with Gasteiger partial charge >= 0.3 is 12.1 Å². The molecule has 1 N–H and O–H groups in total. The van der Waals surface area contributed by atoms with Crippen molar-refractivity contribution < 1.29 is 24.2 Å². The molecule has 8 heteroatoms. The molecule has 1 heterocycles. The van der Waals surface area contributed by atoms with E-state index in [2.05, 4.69) is 0 Å². The maximum absolute atomic E-state index is 12.5. The van der Waals surface area contributed by atoms with Crippen molar-refractivity contribution in [3.63, 3.8) is 0 Å². The molecule has 0 radical (unpaired) electrons. The molecule has 0 atom stereocenters. The lowest BCUT2D eigenvalue weighted by Crippen LogP contribution is -2.37. The largest absolute Gasteiger partial charge is 0.481 e. The van der Waals surface area contributed by atoms with Gasteiger partial charge in [0.05, 0.1) is 23.0 Å². The number of carbonyl (C=O) groups is 2. The first-order chi connectivity index (χ1) is 15.4. The predicted molar refractivity (Wildman–Crippen MR) is 121 cm³/mol. The number of fused-ring (bicyclic) bond motifs is 1. The van der Waals surface area contributed by atoms with Crippen LogP contribution in [0.1, 0.15) is 16.7 Å². The Morgan fingerprint density at radius 2 is 1.78 bits per heavy atom. The van der Waals surface area contributed by atoms with Gasteiger partial charge in [-0.3, -0.25) is 9.69 Å². The molecule has 3 aromatic carbocycles. The maximum atomic E-state index is 12.5. The highest BCUT2D eigenvalue weighted by molar-refractivity contribution is 6.42. The number of benzene rings is 3. The Bertz CT molecular complexity index is 1180. The van der Waals surface area contributed by atoms with Crippen LogP contribution in [0, 0.1) is 0 Å². The molecule has 0 fully saturated rings. The van der Waals surface area contributed by atoms with E-state index in [-0.39, 0.29) is 19.8 Å². The first-order valence-corrected chi connectivity index (χ1v) is 10.6. The lowest BCUT2D eigenvalue weighted by Gasteiger charge is -2.28. The third-order valence-electron chi connectivity index (χ3n) is 5.02. The van der Waals surface area contributed by atoms with E-state index < -0.39 is 12.1 Å². The van der Waals surface area contributed by atoms with E-state index in [1.807, 2.05) is 36.4 Å². The average molecular weight is 472 g/mol. The first kappa shape index (κ1) is 22.0. The minimum Gasteiger partial charge on any atom is -0.481 e. The molecule has 0 saturated heterocycles. The molecular formula is C24H19Cl2NO5. The van der Waals surface area contributed by atoms with Crippen molar-refractivity contribution in [1.29, 1.82) is 0 Å². The molecule has 1 aliphatic heterocycles. The van der Waals surface area contributed by atoms with Crippen LogP contribution >= 0.6 is 23.2 Å². The maximum Gasteiger partial charge on any atom is 0.413 e. The molecule has 0 aliphatic carbocycles. The number of carboxylic acids is 1. The summed E-state index contributed by atoms with van der Waals surface area (Å²) in [5.41, 5.74) is 4.09. The Labute approximate surface area is 194 Å². The fourth-order valence-corrected chi connectivity index (χ4v) is 3.76. The van der Waals surface area contributed by atoms with Gasteiger partial charge in [-0.15, -0.1) is 0 Å². The summed E-state index contributed by atoms with van der Waals surface area (Å²) in [6.45, 7) is 0.480. The summed E-state index contributed by atoms with van der Waals surface area (Å²) in [4.78, 5) is 25.0. The number of carboxylic acid groups (broad SMARTS) is 1. The molecule has 6 nitrogen and oxygen atoms in total. The summed E-state index contributed by atoms with van der Waals surface area (Å²) >= 11 is 11.9. The summed E-state index contributed by atoms with van der Waals surface area (Å²) < 4.78 is 11.1. The van der Waals surface area contributed by atoms with Crippen molar-refractivity contribution in [1.82, 2.24) is 4.90 Å². The van der Waals surface area contributed by atoms with Gasteiger partial charge in [0, 0.05) is 5.56 Å². The van der Waals surface area contributed by atoms with Crippen LogP contribution in [0.2, 0.25) is 10.0 Å². The predicted octanol–water partition coefficient (Wildman–Crippen LogP) is 5.78. The number of rotatable bonds is 5. The number of halogens is 2. The normalized spacial score (nSPS) is 12.6. The highest BCUT2D eigenvalue weighted by atomic mass is 35.5. The summed E-state index contributed by atoms with van der Waals surface area (Å²) in [5.74, 6) is -0.181. The van der Waals surface area contributed by atoms with Gasteiger partial charge in [-0.1, -0.05) is 59.6 Å². The van der Waals surface area contributed by atoms with Crippen LogP contribution in [0.25, 0.3) is 11.1 Å². The molecule has 1 amide bonds. The topological polar surface area (TPSA) is 76.1 Å². The number of ether oxygens (including phenoxy) is 2. The van der Waals surface area contributed by atoms with Crippen molar-refractivity contribution in [3.05, 3.63) is 87.4 Å². The van der Waals surface area contributed by atoms with Crippen LogP contribution in [-0.2, 0) is 29.1 Å². The Balaban J connectivity index is 1.45. The van der Waals surface area contributed by atoms with E-state index in [1.54, 1.807) is 24.3 Å². The highest BCUT2D eigenvalue weighted by Crippen LogP contribution is 2.31. The Morgan fingerprint density at radius 3 is 2.56 bits per heavy atom. The second kappa shape index (κ2) is 9.51. The van der Waals surface area contributed by atoms with Gasteiger partial charge in [0.15, 0.2) is 6.73 Å². The number of amides is 1. The van der Waals surface area contributed by atoms with E-state index in [1.165, 1.54) is 4.90 Å². The molecule has 0 bridgehead atoms. The molecule has 3 aromatic rings. The summed E-state index contributed by atoms with van der Waals surface area (Å²) in [5, 5.41) is 9.87. The average Bonchev–Trinajstić information content (AvgIpc) is 2.78. The van der Waals surface area contributed by atoms with E-state index >= 15 is 0 Å². The first-order valence-electron chi connectivity index (χ1n) is 9.81. The third-order valence-corrected chi connectivity index (χ3v) is 5.76. The van der Waals surface area contributed by atoms with E-state index in [0.717, 1.165) is 27.8 Å². The quantitative estimate of drug-likeness (QED) is 0.510. The van der Waals surface area contributed by atoms with Gasteiger partial charge in [-0.2, -0.15) is 0 Å². The zero-order valence-corrected chi connectivity index (χ0v) is 18.4. The van der Waals surface area contributed by atoms with Crippen LogP contribution in [0.5, 0.6) is 5.75 Å². The lowest BCUT2D eigenvalue weighted by molar-refractivity contribution is -0.136. The molecular weight excluding hydrogens is 453 g/mol. The number of hydrogen-bond acceptors (Lipinski definition) is 4. The van der Waals surface area contributed by atoms with Crippen LogP contribution < -0.4 is 4.74 Å². The molecule has 4 rings (SSSR count). The Hall–Kier alpha value is -3.22. The second-order valence-electron chi connectivity index (χ2n) is 7.37. The number of hydrogen-bond donors (Lipinski definition) is 1. The molecule has 0 unspecified atom stereocenters. The van der Waals surface area contributed by atoms with Gasteiger partial charge in [-0.05, 0) is 46.5 Å². The molecule has 1 aliphatic rings. The fraction of sp³-hybridized carbons (Fsp3) is 0.167. The van der Waals surface area contributed by atoms with Crippen molar-refractivity contribution >= 4 is 35.3 Å². The summed E-state index contributed by atoms with van der Waals surface area (Å²) in [6.07, 6.45) is -0.545. The second-order valence-corrected chi connectivity index (χ2v) is 8.18. The molecule has 164 valence electrons. The Kier molecular flexibility index (Phi) is 6.53. The van der Waals surface area contributed by atoms with Crippen molar-refractivity contribution in [2.75, 3.05) is 6.73 Å². The van der Waals surface area contributed by atoms with E-state index in [4.69, 9.17) is 37.8 Å².